The largest absolute Gasteiger partial charge is 0.370 e. The second-order valence-corrected chi connectivity index (χ2v) is 7.29. The fourth-order valence-corrected chi connectivity index (χ4v) is 3.61. The predicted molar refractivity (Wildman–Crippen MR) is 89.6 cm³/mol. The van der Waals surface area contributed by atoms with Gasteiger partial charge in [-0.1, -0.05) is 24.4 Å². The van der Waals surface area contributed by atoms with Crippen LogP contribution in [-0.4, -0.2) is 34.8 Å². The fraction of sp³-hybridized carbons (Fsp3) is 0.824. The van der Waals surface area contributed by atoms with E-state index in [1.54, 1.807) is 0 Å². The molecule has 0 unspecified atom stereocenters. The summed E-state index contributed by atoms with van der Waals surface area (Å²) in [4.78, 5) is 8.95. The van der Waals surface area contributed by atoms with E-state index < -0.39 is 0 Å². The average molecular weight is 333 g/mol. The fourth-order valence-electron chi connectivity index (χ4n) is 3.61. The van der Waals surface area contributed by atoms with Gasteiger partial charge in [-0.15, -0.1) is 0 Å². The molecule has 0 radical (unpaired) electrons. The number of hydrogen-bond donors (Lipinski definition) is 2. The summed E-state index contributed by atoms with van der Waals surface area (Å²) in [6.45, 7) is 0.589. The highest BCUT2D eigenvalue weighted by molar-refractivity contribution is 5.78. The lowest BCUT2D eigenvalue weighted by Crippen LogP contribution is -2.41. The topological polar surface area (TPSA) is 98.6 Å². The summed E-state index contributed by atoms with van der Waals surface area (Å²) in [6, 6.07) is 0.485. The third-order valence-electron chi connectivity index (χ3n) is 5.21. The standard InChI is InChI=1S/C17H27N5O2/c18-17(20-12-4-2-1-3-5-12)19-10-13-8-9-14(23-13)16-21-15(22-24-16)11-6-7-11/h11-14H,1-10H2,(H3,18,19,20)/t13-,14+/m1/s1. The smallest absolute Gasteiger partial charge is 0.255 e. The van der Waals surface area contributed by atoms with Crippen molar-refractivity contribution >= 4 is 5.96 Å². The maximum atomic E-state index is 6.01. The number of rotatable bonds is 5. The highest BCUT2D eigenvalue weighted by Crippen LogP contribution is 2.39. The van der Waals surface area contributed by atoms with Gasteiger partial charge in [0.1, 0.15) is 6.10 Å². The Balaban J connectivity index is 1.24. The molecule has 24 heavy (non-hydrogen) atoms. The molecule has 0 bridgehead atoms. The van der Waals surface area contributed by atoms with Gasteiger partial charge in [-0.25, -0.2) is 0 Å². The summed E-state index contributed by atoms with van der Waals surface area (Å²) in [6.07, 6.45) is 10.5. The molecule has 2 aliphatic carbocycles. The number of nitrogens with one attached hydrogen (secondary N) is 1. The van der Waals surface area contributed by atoms with Gasteiger partial charge in [-0.3, -0.25) is 4.99 Å². The Kier molecular flexibility index (Phi) is 4.69. The zero-order valence-corrected chi connectivity index (χ0v) is 14.1. The molecule has 1 aromatic heterocycles. The third kappa shape index (κ3) is 3.88. The van der Waals surface area contributed by atoms with Gasteiger partial charge in [0, 0.05) is 12.0 Å². The lowest BCUT2D eigenvalue weighted by atomic mass is 9.96. The zero-order chi connectivity index (χ0) is 16.4. The van der Waals surface area contributed by atoms with Gasteiger partial charge in [0.25, 0.3) is 5.89 Å². The number of guanidine groups is 1. The molecule has 132 valence electrons. The lowest BCUT2D eigenvalue weighted by molar-refractivity contribution is 0.0309. The lowest BCUT2D eigenvalue weighted by Gasteiger charge is -2.23. The molecule has 7 nitrogen and oxygen atoms in total. The first-order chi connectivity index (χ1) is 11.8. The molecule has 1 aliphatic heterocycles. The Morgan fingerprint density at radius 3 is 2.75 bits per heavy atom. The number of nitrogens with two attached hydrogens (primary N) is 1. The van der Waals surface area contributed by atoms with Gasteiger partial charge in [0.15, 0.2) is 11.8 Å². The monoisotopic (exact) mass is 333 g/mol. The van der Waals surface area contributed by atoms with Crippen LogP contribution in [0.4, 0.5) is 0 Å². The summed E-state index contributed by atoms with van der Waals surface area (Å²) in [5.74, 6) is 2.52. The van der Waals surface area contributed by atoms with Crippen molar-refractivity contribution < 1.29 is 9.26 Å². The van der Waals surface area contributed by atoms with Crippen LogP contribution in [-0.2, 0) is 4.74 Å². The summed E-state index contributed by atoms with van der Waals surface area (Å²) in [7, 11) is 0. The van der Waals surface area contributed by atoms with E-state index >= 15 is 0 Å². The summed E-state index contributed by atoms with van der Waals surface area (Å²) < 4.78 is 11.4. The van der Waals surface area contributed by atoms with Crippen molar-refractivity contribution in [2.75, 3.05) is 6.54 Å². The van der Waals surface area contributed by atoms with Crippen LogP contribution in [0, 0.1) is 0 Å². The molecule has 0 amide bonds. The van der Waals surface area contributed by atoms with Crippen LogP contribution in [0.2, 0.25) is 0 Å². The van der Waals surface area contributed by atoms with Crippen molar-refractivity contribution in [2.45, 2.75) is 82.0 Å². The number of ether oxygens (including phenoxy) is 1. The minimum absolute atomic E-state index is 0.0815. The van der Waals surface area contributed by atoms with E-state index in [-0.39, 0.29) is 12.2 Å². The van der Waals surface area contributed by atoms with Crippen LogP contribution in [0.15, 0.2) is 9.52 Å². The number of nitrogens with zero attached hydrogens (tertiary/aromatic N) is 3. The molecule has 1 aromatic rings. The first-order valence-corrected chi connectivity index (χ1v) is 9.33. The molecule has 0 aromatic carbocycles. The van der Waals surface area contributed by atoms with Gasteiger partial charge in [-0.05, 0) is 38.5 Å². The van der Waals surface area contributed by atoms with Crippen LogP contribution < -0.4 is 11.1 Å². The highest BCUT2D eigenvalue weighted by Gasteiger charge is 2.34. The molecule has 1 saturated heterocycles. The second-order valence-electron chi connectivity index (χ2n) is 7.29. The van der Waals surface area contributed by atoms with Crippen LogP contribution in [0.3, 0.4) is 0 Å². The van der Waals surface area contributed by atoms with Crippen molar-refractivity contribution in [3.63, 3.8) is 0 Å². The van der Waals surface area contributed by atoms with Gasteiger partial charge in [-0.2, -0.15) is 4.98 Å². The van der Waals surface area contributed by atoms with Crippen molar-refractivity contribution in [3.05, 3.63) is 11.7 Å². The Morgan fingerprint density at radius 1 is 1.12 bits per heavy atom. The number of hydrogen-bond acceptors (Lipinski definition) is 5. The van der Waals surface area contributed by atoms with E-state index in [0.717, 1.165) is 18.7 Å². The van der Waals surface area contributed by atoms with Crippen LogP contribution >= 0.6 is 0 Å². The molecule has 2 heterocycles. The van der Waals surface area contributed by atoms with Gasteiger partial charge in [0.2, 0.25) is 0 Å². The van der Waals surface area contributed by atoms with E-state index in [1.165, 1.54) is 44.9 Å². The zero-order valence-electron chi connectivity index (χ0n) is 14.1. The van der Waals surface area contributed by atoms with Crippen LogP contribution in [0.25, 0.3) is 0 Å². The minimum atomic E-state index is -0.0854. The van der Waals surface area contributed by atoms with Crippen molar-refractivity contribution in [1.82, 2.24) is 15.5 Å². The summed E-state index contributed by atoms with van der Waals surface area (Å²) >= 11 is 0. The summed E-state index contributed by atoms with van der Waals surface area (Å²) in [5.41, 5.74) is 6.01. The van der Waals surface area contributed by atoms with E-state index in [0.29, 0.717) is 30.4 Å². The third-order valence-corrected chi connectivity index (χ3v) is 5.21. The molecule has 3 aliphatic rings. The molecule has 2 atom stereocenters. The average Bonchev–Trinajstić information content (AvgIpc) is 3.14. The van der Waals surface area contributed by atoms with Crippen LogP contribution in [0.5, 0.6) is 0 Å². The summed E-state index contributed by atoms with van der Waals surface area (Å²) in [5, 5.41) is 7.40. The first-order valence-electron chi connectivity index (χ1n) is 9.33. The Bertz CT molecular complexity index is 577. The highest BCUT2D eigenvalue weighted by atomic mass is 16.5. The van der Waals surface area contributed by atoms with Gasteiger partial charge >= 0.3 is 0 Å². The van der Waals surface area contributed by atoms with E-state index in [9.17, 15) is 0 Å². The molecule has 2 saturated carbocycles. The Labute approximate surface area is 142 Å². The van der Waals surface area contributed by atoms with E-state index in [4.69, 9.17) is 15.0 Å². The van der Waals surface area contributed by atoms with Gasteiger partial charge in [0.05, 0.1) is 12.6 Å². The molecule has 3 N–H and O–H groups in total. The van der Waals surface area contributed by atoms with Crippen molar-refractivity contribution in [3.8, 4) is 0 Å². The molecule has 0 spiro atoms. The maximum Gasteiger partial charge on any atom is 0.255 e. The quantitative estimate of drug-likeness (QED) is 0.634. The normalized spacial score (nSPS) is 29.1. The van der Waals surface area contributed by atoms with Crippen LogP contribution in [0.1, 0.15) is 81.5 Å². The first kappa shape index (κ1) is 15.9. The Hall–Kier alpha value is -1.63. The molecule has 4 rings (SSSR count). The molecule has 7 heteroatoms. The Morgan fingerprint density at radius 2 is 1.96 bits per heavy atom. The number of aliphatic imine (C=N–C) groups is 1. The van der Waals surface area contributed by atoms with Crippen molar-refractivity contribution in [2.24, 2.45) is 10.7 Å². The van der Waals surface area contributed by atoms with E-state index in [2.05, 4.69) is 20.4 Å². The maximum absolute atomic E-state index is 6.01. The molecule has 3 fully saturated rings. The minimum Gasteiger partial charge on any atom is -0.370 e. The number of aromatic nitrogens is 2. The van der Waals surface area contributed by atoms with Gasteiger partial charge < -0.3 is 20.3 Å². The molecular weight excluding hydrogens is 306 g/mol. The molecular formula is C17H27N5O2. The predicted octanol–water partition coefficient (Wildman–Crippen LogP) is 2.40. The second kappa shape index (κ2) is 7.09. The van der Waals surface area contributed by atoms with E-state index in [1.807, 2.05) is 0 Å². The van der Waals surface area contributed by atoms with Crippen molar-refractivity contribution in [1.29, 1.82) is 0 Å². The SMILES string of the molecule is NC(=NC[C@H]1CC[C@@H](c2nc(C3CC3)no2)O1)NC1CCCCC1.